The molecular formula is C21H17F3N4O. The molecule has 29 heavy (non-hydrogen) atoms. The number of nitrogens with zero attached hydrogens (tertiary/aromatic N) is 3. The van der Waals surface area contributed by atoms with Crippen LogP contribution in [0, 0.1) is 13.8 Å². The van der Waals surface area contributed by atoms with Crippen LogP contribution in [0.25, 0.3) is 17.0 Å². The van der Waals surface area contributed by atoms with Crippen LogP contribution in [0.3, 0.4) is 0 Å². The fraction of sp³-hybridized carbons (Fsp3) is 0.143. The van der Waals surface area contributed by atoms with E-state index >= 15 is 0 Å². The number of imidazole rings is 1. The molecule has 0 saturated heterocycles. The highest BCUT2D eigenvalue weighted by Crippen LogP contribution is 2.35. The van der Waals surface area contributed by atoms with Crippen LogP contribution < -0.4 is 5.32 Å². The number of fused-ring (bicyclic) bond motifs is 1. The molecule has 2 heterocycles. The van der Waals surface area contributed by atoms with Crippen molar-refractivity contribution < 1.29 is 18.3 Å². The van der Waals surface area contributed by atoms with Gasteiger partial charge in [-0.25, -0.2) is 9.97 Å². The molecule has 0 bridgehead atoms. The van der Waals surface area contributed by atoms with Crippen LogP contribution in [-0.2, 0) is 6.18 Å². The summed E-state index contributed by atoms with van der Waals surface area (Å²) in [4.78, 5) is 9.03. The Hall–Kier alpha value is -3.55. The number of hydrogen-bond acceptors (Lipinski definition) is 4. The van der Waals surface area contributed by atoms with Crippen molar-refractivity contribution in [2.75, 3.05) is 5.32 Å². The second-order valence-corrected chi connectivity index (χ2v) is 6.73. The van der Waals surface area contributed by atoms with Gasteiger partial charge in [-0.3, -0.25) is 4.40 Å². The largest absolute Gasteiger partial charge is 0.508 e. The molecule has 4 aromatic rings. The van der Waals surface area contributed by atoms with Crippen LogP contribution in [0.2, 0.25) is 0 Å². The lowest BCUT2D eigenvalue weighted by Gasteiger charge is -2.13. The Bertz CT molecular complexity index is 1200. The molecule has 0 aliphatic rings. The van der Waals surface area contributed by atoms with E-state index < -0.39 is 11.7 Å². The summed E-state index contributed by atoms with van der Waals surface area (Å²) in [5.41, 5.74) is 2.36. The molecule has 0 amide bonds. The first-order valence-corrected chi connectivity index (χ1v) is 8.83. The van der Waals surface area contributed by atoms with Crippen molar-refractivity contribution >= 4 is 17.3 Å². The van der Waals surface area contributed by atoms with Crippen molar-refractivity contribution in [3.8, 4) is 17.0 Å². The summed E-state index contributed by atoms with van der Waals surface area (Å²) < 4.78 is 41.1. The number of phenolic OH excluding ortho intramolecular Hbond substituents is 1. The van der Waals surface area contributed by atoms with E-state index in [1.54, 1.807) is 22.6 Å². The molecule has 8 heteroatoms. The molecule has 2 N–H and O–H groups in total. The highest BCUT2D eigenvalue weighted by molar-refractivity contribution is 5.79. The summed E-state index contributed by atoms with van der Waals surface area (Å²) in [6.45, 7) is 3.73. The van der Waals surface area contributed by atoms with Crippen LogP contribution >= 0.6 is 0 Å². The zero-order valence-electron chi connectivity index (χ0n) is 15.6. The number of rotatable bonds is 3. The highest BCUT2D eigenvalue weighted by Gasteiger charge is 2.30. The zero-order valence-corrected chi connectivity index (χ0v) is 15.6. The van der Waals surface area contributed by atoms with Gasteiger partial charge in [0.1, 0.15) is 17.3 Å². The molecule has 0 fully saturated rings. The van der Waals surface area contributed by atoms with Gasteiger partial charge in [0, 0.05) is 22.6 Å². The topological polar surface area (TPSA) is 62.5 Å². The van der Waals surface area contributed by atoms with E-state index in [-0.39, 0.29) is 11.4 Å². The number of aromatic hydroxyl groups is 1. The van der Waals surface area contributed by atoms with Crippen molar-refractivity contribution in [3.05, 3.63) is 71.5 Å². The number of anilines is 2. The second-order valence-electron chi connectivity index (χ2n) is 6.73. The average molecular weight is 398 g/mol. The summed E-state index contributed by atoms with van der Waals surface area (Å²) >= 11 is 0. The third kappa shape index (κ3) is 3.61. The van der Waals surface area contributed by atoms with E-state index in [9.17, 15) is 18.3 Å². The summed E-state index contributed by atoms with van der Waals surface area (Å²) in [6.07, 6.45) is -4.44. The molecule has 0 aliphatic heterocycles. The van der Waals surface area contributed by atoms with Crippen molar-refractivity contribution in [1.29, 1.82) is 0 Å². The lowest BCUT2D eigenvalue weighted by molar-refractivity contribution is -0.137. The van der Waals surface area contributed by atoms with E-state index in [2.05, 4.69) is 15.3 Å². The minimum absolute atomic E-state index is 0.107. The molecule has 5 nitrogen and oxygen atoms in total. The number of halogens is 3. The maximum atomic E-state index is 13.1. The third-order valence-electron chi connectivity index (χ3n) is 4.50. The molecule has 2 aromatic heterocycles. The molecule has 0 saturated carbocycles. The van der Waals surface area contributed by atoms with Crippen LogP contribution in [0.5, 0.6) is 5.75 Å². The SMILES string of the molecule is Cc1cc(C)n2c(Nc3cccc(C(F)(F)F)c3)c(-c3ccc(O)cc3)nc2n1. The van der Waals surface area contributed by atoms with Crippen LogP contribution in [-0.4, -0.2) is 19.5 Å². The number of alkyl halides is 3. The maximum absolute atomic E-state index is 13.1. The summed E-state index contributed by atoms with van der Waals surface area (Å²) in [6, 6.07) is 13.3. The van der Waals surface area contributed by atoms with Crippen molar-refractivity contribution in [2.24, 2.45) is 0 Å². The first-order chi connectivity index (χ1) is 13.7. The van der Waals surface area contributed by atoms with Gasteiger partial charge in [0.2, 0.25) is 5.78 Å². The van der Waals surface area contributed by atoms with E-state index in [1.165, 1.54) is 18.2 Å². The van der Waals surface area contributed by atoms with Crippen molar-refractivity contribution in [2.45, 2.75) is 20.0 Å². The van der Waals surface area contributed by atoms with Gasteiger partial charge in [0.05, 0.1) is 5.56 Å². The van der Waals surface area contributed by atoms with Crippen LogP contribution in [0.4, 0.5) is 24.7 Å². The van der Waals surface area contributed by atoms with Crippen LogP contribution in [0.15, 0.2) is 54.6 Å². The van der Waals surface area contributed by atoms with Gasteiger partial charge in [-0.1, -0.05) is 6.07 Å². The summed E-state index contributed by atoms with van der Waals surface area (Å²) in [5.74, 6) is 1.03. The Kier molecular flexibility index (Phi) is 4.41. The Morgan fingerprint density at radius 1 is 0.966 bits per heavy atom. The lowest BCUT2D eigenvalue weighted by atomic mass is 10.1. The maximum Gasteiger partial charge on any atom is 0.416 e. The van der Waals surface area contributed by atoms with E-state index in [0.717, 1.165) is 23.5 Å². The van der Waals surface area contributed by atoms with E-state index in [1.807, 2.05) is 19.9 Å². The standard InChI is InChI=1S/C21H17F3N4O/c1-12-10-13(2)28-19(26-16-5-3-4-15(11-16)21(22,23)24)18(27-20(28)25-12)14-6-8-17(29)9-7-14/h3-11,26,29H,1-2H3. The lowest BCUT2D eigenvalue weighted by Crippen LogP contribution is -2.06. The molecule has 2 aromatic carbocycles. The van der Waals surface area contributed by atoms with Gasteiger partial charge in [0.25, 0.3) is 0 Å². The number of nitrogens with one attached hydrogen (secondary N) is 1. The summed E-state index contributed by atoms with van der Waals surface area (Å²) in [7, 11) is 0. The van der Waals surface area contributed by atoms with Gasteiger partial charge >= 0.3 is 6.18 Å². The molecule has 0 aliphatic carbocycles. The van der Waals surface area contributed by atoms with E-state index in [0.29, 0.717) is 22.9 Å². The Labute approximate surface area is 164 Å². The number of hydrogen-bond donors (Lipinski definition) is 2. The first-order valence-electron chi connectivity index (χ1n) is 8.83. The van der Waals surface area contributed by atoms with Crippen molar-refractivity contribution in [3.63, 3.8) is 0 Å². The zero-order chi connectivity index (χ0) is 20.8. The van der Waals surface area contributed by atoms with Gasteiger partial charge in [-0.05, 0) is 62.4 Å². The minimum Gasteiger partial charge on any atom is -0.508 e. The monoisotopic (exact) mass is 398 g/mol. The first kappa shape index (κ1) is 18.8. The Balaban J connectivity index is 1.90. The van der Waals surface area contributed by atoms with Gasteiger partial charge < -0.3 is 10.4 Å². The van der Waals surface area contributed by atoms with Gasteiger partial charge in [-0.15, -0.1) is 0 Å². The predicted octanol–water partition coefficient (Wildman–Crippen LogP) is 5.48. The third-order valence-corrected chi connectivity index (χ3v) is 4.50. The fourth-order valence-electron chi connectivity index (χ4n) is 3.22. The Morgan fingerprint density at radius 3 is 2.38 bits per heavy atom. The normalized spacial score (nSPS) is 11.8. The van der Waals surface area contributed by atoms with Gasteiger partial charge in [0.15, 0.2) is 0 Å². The molecule has 4 rings (SSSR count). The van der Waals surface area contributed by atoms with E-state index in [4.69, 9.17) is 0 Å². The number of phenols is 1. The molecule has 0 radical (unpaired) electrons. The predicted molar refractivity (Wildman–Crippen MR) is 104 cm³/mol. The fourth-order valence-corrected chi connectivity index (χ4v) is 3.22. The number of aryl methyl sites for hydroxylation is 2. The average Bonchev–Trinajstić information content (AvgIpc) is 3.00. The molecule has 0 atom stereocenters. The van der Waals surface area contributed by atoms with Crippen molar-refractivity contribution in [1.82, 2.24) is 14.4 Å². The molecular weight excluding hydrogens is 381 g/mol. The Morgan fingerprint density at radius 2 is 1.69 bits per heavy atom. The quantitative estimate of drug-likeness (QED) is 0.480. The number of benzene rings is 2. The highest BCUT2D eigenvalue weighted by atomic mass is 19.4. The van der Waals surface area contributed by atoms with Crippen LogP contribution in [0.1, 0.15) is 17.0 Å². The second kappa shape index (κ2) is 6.80. The van der Waals surface area contributed by atoms with Gasteiger partial charge in [-0.2, -0.15) is 13.2 Å². The molecule has 0 spiro atoms. The molecule has 148 valence electrons. The number of aromatic nitrogens is 3. The minimum atomic E-state index is -4.44. The smallest absolute Gasteiger partial charge is 0.416 e. The molecule has 0 unspecified atom stereocenters. The summed E-state index contributed by atoms with van der Waals surface area (Å²) in [5, 5.41) is 12.7.